The van der Waals surface area contributed by atoms with E-state index in [1.54, 1.807) is 22.3 Å². The molecule has 0 fully saturated rings. The lowest BCUT2D eigenvalue weighted by molar-refractivity contribution is 0.114. The van der Waals surface area contributed by atoms with Crippen LogP contribution in [0.5, 0.6) is 0 Å². The molecule has 388 valence electrons. The fraction of sp³-hybridized carbons (Fsp3) is 0.397. The summed E-state index contributed by atoms with van der Waals surface area (Å²) in [6, 6.07) is 57.0. The molecule has 2 aliphatic carbocycles. The lowest BCUT2D eigenvalue weighted by Gasteiger charge is -2.33. The molecule has 0 aliphatic heterocycles. The van der Waals surface area contributed by atoms with Gasteiger partial charge in [-0.2, -0.15) is 0 Å². The van der Waals surface area contributed by atoms with E-state index >= 15 is 0 Å². The highest BCUT2D eigenvalue weighted by molar-refractivity contribution is 6.10. The second-order valence-corrected chi connectivity index (χ2v) is 22.6. The van der Waals surface area contributed by atoms with Gasteiger partial charge in [-0.1, -0.05) is 252 Å². The van der Waals surface area contributed by atoms with Crippen LogP contribution >= 0.6 is 0 Å². The lowest BCUT2D eigenvalue weighted by Crippen LogP contribution is -2.25. The standard InChI is InChI=1S/C73H85NO/c1-6-11-15-23-43-72(44-24-16-12-7-2)66-29-21-19-27-60(66)62-39-35-58(51-68(62)72)56-37-41-70-64(49-56)65-50-57(38-42-71(65)74(70)47-48-75-53-55-33-31-54(10-5)32-34-55)59-36-40-63-61-28-20-22-30-67(61)73(69(63)52-59,45-25-17-13-8-3)46-26-18-14-9-4/h10,19-22,27-42,49-52H,5-9,11-18,23-26,43-48,53H2,1-4H3. The summed E-state index contributed by atoms with van der Waals surface area (Å²) in [5.74, 6) is 0. The third-order valence-corrected chi connectivity index (χ3v) is 17.8. The molecule has 2 heteroatoms. The van der Waals surface area contributed by atoms with E-state index in [1.165, 1.54) is 200 Å². The molecule has 2 aliphatic rings. The van der Waals surface area contributed by atoms with E-state index in [4.69, 9.17) is 4.74 Å². The van der Waals surface area contributed by atoms with Crippen LogP contribution in [0.25, 0.3) is 72.4 Å². The number of rotatable bonds is 28. The maximum Gasteiger partial charge on any atom is 0.0717 e. The Hall–Kier alpha value is -5.96. The summed E-state index contributed by atoms with van der Waals surface area (Å²) in [4.78, 5) is 0. The van der Waals surface area contributed by atoms with Crippen LogP contribution in [0.3, 0.4) is 0 Å². The van der Waals surface area contributed by atoms with Gasteiger partial charge in [-0.3, -0.25) is 0 Å². The molecule has 0 spiro atoms. The number of fused-ring (bicyclic) bond motifs is 9. The molecule has 2 nitrogen and oxygen atoms in total. The zero-order chi connectivity index (χ0) is 51.6. The zero-order valence-electron chi connectivity index (χ0n) is 46.3. The van der Waals surface area contributed by atoms with Crippen LogP contribution < -0.4 is 0 Å². The van der Waals surface area contributed by atoms with Crippen molar-refractivity contribution < 1.29 is 4.74 Å². The van der Waals surface area contributed by atoms with Crippen molar-refractivity contribution in [2.75, 3.05) is 6.61 Å². The van der Waals surface area contributed by atoms with Gasteiger partial charge in [-0.05, 0) is 140 Å². The van der Waals surface area contributed by atoms with E-state index < -0.39 is 0 Å². The van der Waals surface area contributed by atoms with Crippen molar-refractivity contribution in [3.63, 3.8) is 0 Å². The average Bonchev–Trinajstić information content (AvgIpc) is 4.02. The van der Waals surface area contributed by atoms with Gasteiger partial charge in [-0.25, -0.2) is 0 Å². The van der Waals surface area contributed by atoms with Crippen LogP contribution in [-0.2, 0) is 28.7 Å². The Bertz CT molecular complexity index is 2990. The van der Waals surface area contributed by atoms with E-state index in [0.29, 0.717) is 13.2 Å². The third-order valence-electron chi connectivity index (χ3n) is 17.8. The van der Waals surface area contributed by atoms with Gasteiger partial charge in [0.25, 0.3) is 0 Å². The number of hydrogen-bond acceptors (Lipinski definition) is 1. The molecule has 0 saturated heterocycles. The number of ether oxygens (including phenoxy) is 1. The topological polar surface area (TPSA) is 14.2 Å². The number of hydrogen-bond donors (Lipinski definition) is 0. The molecule has 0 bridgehead atoms. The normalized spacial score (nSPS) is 13.8. The average molecular weight is 992 g/mol. The minimum Gasteiger partial charge on any atom is -0.375 e. The van der Waals surface area contributed by atoms with Crippen molar-refractivity contribution in [2.45, 2.75) is 180 Å². The van der Waals surface area contributed by atoms with Gasteiger partial charge in [-0.15, -0.1) is 0 Å². The Morgan fingerprint density at radius 1 is 0.413 bits per heavy atom. The first-order valence-corrected chi connectivity index (χ1v) is 29.8. The summed E-state index contributed by atoms with van der Waals surface area (Å²) >= 11 is 0. The van der Waals surface area contributed by atoms with Crippen molar-refractivity contribution in [3.8, 4) is 44.5 Å². The molecule has 0 saturated carbocycles. The van der Waals surface area contributed by atoms with Crippen LogP contribution in [0.2, 0.25) is 0 Å². The minimum atomic E-state index is 0.0476. The van der Waals surface area contributed by atoms with Gasteiger partial charge in [0.05, 0.1) is 13.2 Å². The van der Waals surface area contributed by atoms with E-state index in [2.05, 4.69) is 184 Å². The molecule has 0 amide bonds. The molecule has 0 N–H and O–H groups in total. The predicted molar refractivity (Wildman–Crippen MR) is 324 cm³/mol. The van der Waals surface area contributed by atoms with E-state index in [-0.39, 0.29) is 10.8 Å². The van der Waals surface area contributed by atoms with Gasteiger partial charge in [0.2, 0.25) is 0 Å². The Morgan fingerprint density at radius 2 is 0.813 bits per heavy atom. The van der Waals surface area contributed by atoms with Gasteiger partial charge >= 0.3 is 0 Å². The monoisotopic (exact) mass is 992 g/mol. The molecule has 0 radical (unpaired) electrons. The highest BCUT2D eigenvalue weighted by Gasteiger charge is 2.43. The molecule has 8 aromatic rings. The van der Waals surface area contributed by atoms with E-state index in [9.17, 15) is 0 Å². The summed E-state index contributed by atoms with van der Waals surface area (Å²) in [5, 5.41) is 2.63. The molecule has 0 unspecified atom stereocenters. The van der Waals surface area contributed by atoms with Crippen LogP contribution in [0.1, 0.15) is 189 Å². The zero-order valence-corrected chi connectivity index (χ0v) is 46.3. The van der Waals surface area contributed by atoms with E-state index in [0.717, 1.165) is 12.1 Å². The van der Waals surface area contributed by atoms with E-state index in [1.807, 2.05) is 6.08 Å². The maximum atomic E-state index is 6.45. The summed E-state index contributed by atoms with van der Waals surface area (Å²) in [6.45, 7) is 15.3. The third kappa shape index (κ3) is 10.6. The molecular weight excluding hydrogens is 907 g/mol. The second kappa shape index (κ2) is 24.4. The summed E-state index contributed by atoms with van der Waals surface area (Å²) < 4.78 is 8.97. The first kappa shape index (κ1) is 52.5. The lowest BCUT2D eigenvalue weighted by atomic mass is 9.70. The van der Waals surface area contributed by atoms with Gasteiger partial charge in [0.15, 0.2) is 0 Å². The summed E-state index contributed by atoms with van der Waals surface area (Å²) in [6.07, 6.45) is 27.4. The van der Waals surface area contributed by atoms with Crippen LogP contribution in [-0.4, -0.2) is 11.2 Å². The minimum absolute atomic E-state index is 0.0476. The highest BCUT2D eigenvalue weighted by Crippen LogP contribution is 2.57. The van der Waals surface area contributed by atoms with Crippen LogP contribution in [0.4, 0.5) is 0 Å². The number of unbranched alkanes of at least 4 members (excludes halogenated alkanes) is 12. The Kier molecular flexibility index (Phi) is 17.0. The SMILES string of the molecule is C=Cc1ccc(COCCn2c3ccc(-c4ccc5c(c4)C(CCCCCC)(CCCCCC)c4ccccc4-5)cc3c3cc(-c4ccc5c(c4)C(CCCCCC)(CCCCCC)c4ccccc4-5)ccc32)cc1. The molecule has 75 heavy (non-hydrogen) atoms. The number of nitrogens with zero attached hydrogens (tertiary/aromatic N) is 1. The first-order valence-electron chi connectivity index (χ1n) is 29.8. The maximum absolute atomic E-state index is 6.45. The fourth-order valence-electron chi connectivity index (χ4n) is 13.8. The first-order chi connectivity index (χ1) is 37.0. The Morgan fingerprint density at radius 3 is 1.24 bits per heavy atom. The Labute approximate surface area is 451 Å². The van der Waals surface area contributed by atoms with Crippen LogP contribution in [0.15, 0.2) is 152 Å². The predicted octanol–water partition coefficient (Wildman–Crippen LogP) is 21.4. The van der Waals surface area contributed by atoms with Crippen molar-refractivity contribution in [3.05, 3.63) is 186 Å². The van der Waals surface area contributed by atoms with Crippen molar-refractivity contribution in [2.24, 2.45) is 0 Å². The quantitative estimate of drug-likeness (QED) is 0.0446. The Balaban J connectivity index is 1.06. The number of benzene rings is 7. The van der Waals surface area contributed by atoms with Crippen molar-refractivity contribution in [1.29, 1.82) is 0 Å². The fourth-order valence-corrected chi connectivity index (χ4v) is 13.8. The highest BCUT2D eigenvalue weighted by atomic mass is 16.5. The van der Waals surface area contributed by atoms with Gasteiger partial charge in [0, 0.05) is 39.2 Å². The molecule has 0 atom stereocenters. The van der Waals surface area contributed by atoms with Crippen LogP contribution in [0, 0.1) is 0 Å². The molecule has 10 rings (SSSR count). The summed E-state index contributed by atoms with van der Waals surface area (Å²) in [7, 11) is 0. The second-order valence-electron chi connectivity index (χ2n) is 22.6. The molecule has 1 aromatic heterocycles. The largest absolute Gasteiger partial charge is 0.375 e. The number of aromatic nitrogens is 1. The smallest absolute Gasteiger partial charge is 0.0717 e. The van der Waals surface area contributed by atoms with Gasteiger partial charge < -0.3 is 9.30 Å². The molecule has 1 heterocycles. The van der Waals surface area contributed by atoms with Crippen molar-refractivity contribution >= 4 is 27.9 Å². The van der Waals surface area contributed by atoms with Gasteiger partial charge in [0.1, 0.15) is 0 Å². The molecule has 7 aromatic carbocycles. The molecular formula is C73H85NO. The summed E-state index contributed by atoms with van der Waals surface area (Å²) in [5.41, 5.74) is 22.2. The van der Waals surface area contributed by atoms with Crippen molar-refractivity contribution in [1.82, 2.24) is 4.57 Å².